The zero-order valence-electron chi connectivity index (χ0n) is 35.4. The van der Waals surface area contributed by atoms with E-state index in [1.165, 1.54) is 0 Å². The van der Waals surface area contributed by atoms with Gasteiger partial charge in [0.1, 0.15) is 0 Å². The summed E-state index contributed by atoms with van der Waals surface area (Å²) in [5.74, 6) is 0. The lowest BCUT2D eigenvalue weighted by Gasteiger charge is -2.14. The van der Waals surface area contributed by atoms with E-state index in [1.54, 1.807) is 0 Å². The second-order valence-electron chi connectivity index (χ2n) is 16.4. The SMILES string of the molecule is Cc1ccc(-c2c3nc(c(-c4ccc(C)c(C)c4N)c4ccc([nH]4)c(-c4ccc(C)c(C)c4N)c4nc(c(-c5ccc(C)c(C)c5N)c5ccc2[nH]5)C=C4)C=C3)c(N)c1C. The summed E-state index contributed by atoms with van der Waals surface area (Å²) in [7, 11) is 0. The predicted octanol–water partition coefficient (Wildman–Crippen LogP) is 12.1. The fourth-order valence-corrected chi connectivity index (χ4v) is 8.56. The van der Waals surface area contributed by atoms with Crippen molar-refractivity contribution in [3.63, 3.8) is 0 Å². The van der Waals surface area contributed by atoms with Gasteiger partial charge in [0.05, 0.1) is 22.8 Å². The van der Waals surface area contributed by atoms with E-state index in [0.717, 1.165) is 134 Å². The molecule has 2 aliphatic heterocycles. The maximum atomic E-state index is 7.01. The number of nitrogens with two attached hydrogens (primary N) is 4. The van der Waals surface area contributed by atoms with Gasteiger partial charge in [-0.1, -0.05) is 48.5 Å². The molecular formula is C52H50N8. The minimum Gasteiger partial charge on any atom is -0.398 e. The average Bonchev–Trinajstić information content (AvgIpc) is 4.08. The van der Waals surface area contributed by atoms with Crippen molar-refractivity contribution in [3.8, 4) is 44.5 Å². The number of rotatable bonds is 4. The molecule has 0 radical (unpaired) electrons. The van der Waals surface area contributed by atoms with Gasteiger partial charge in [-0.25, -0.2) is 9.97 Å². The molecule has 298 valence electrons. The van der Waals surface area contributed by atoms with Crippen LogP contribution < -0.4 is 22.9 Å². The van der Waals surface area contributed by atoms with Crippen LogP contribution in [0.2, 0.25) is 0 Å². The lowest BCUT2D eigenvalue weighted by Crippen LogP contribution is -1.99. The van der Waals surface area contributed by atoms with E-state index < -0.39 is 0 Å². The van der Waals surface area contributed by atoms with Crippen molar-refractivity contribution in [2.24, 2.45) is 0 Å². The minimum absolute atomic E-state index is 0.704. The first-order valence-electron chi connectivity index (χ1n) is 20.3. The zero-order chi connectivity index (χ0) is 42.3. The number of hydrogen-bond donors (Lipinski definition) is 6. The highest BCUT2D eigenvalue weighted by molar-refractivity contribution is 6.04. The summed E-state index contributed by atoms with van der Waals surface area (Å²) in [4.78, 5) is 18.5. The second-order valence-corrected chi connectivity index (χ2v) is 16.4. The molecule has 5 heterocycles. The van der Waals surface area contributed by atoms with Crippen LogP contribution in [0.25, 0.3) is 90.9 Å². The molecule has 0 unspecified atom stereocenters. The third-order valence-corrected chi connectivity index (χ3v) is 13.0. The van der Waals surface area contributed by atoms with E-state index in [1.807, 2.05) is 0 Å². The maximum absolute atomic E-state index is 7.01. The van der Waals surface area contributed by atoms with Crippen LogP contribution in [-0.2, 0) is 0 Å². The van der Waals surface area contributed by atoms with Crippen LogP contribution in [0, 0.1) is 55.4 Å². The van der Waals surface area contributed by atoms with Crippen molar-refractivity contribution in [2.45, 2.75) is 55.4 Å². The topological polar surface area (TPSA) is 161 Å². The van der Waals surface area contributed by atoms with Gasteiger partial charge in [-0.2, -0.15) is 0 Å². The standard InChI is InChI=1S/C52H50N8/c1-25-9-13-33(49(53)29(25)5)45-37-17-19-39(57-37)46(34-14-10-26(2)30(6)50(34)54)41-21-23-43(59-41)48(36-16-12-28(4)32(8)52(36)56)44-24-22-42(60-44)47(40-20-18-38(45)58-40)35-15-11-27(3)31(7)51(35)55/h9-24,57,60H,53-56H2,1-8H3. The Labute approximate surface area is 350 Å². The quantitative estimate of drug-likeness (QED) is 0.0973. The Bertz CT molecular complexity index is 2810. The maximum Gasteiger partial charge on any atom is 0.0738 e. The first-order valence-corrected chi connectivity index (χ1v) is 20.3. The molecule has 60 heavy (non-hydrogen) atoms. The number of nitrogens with zero attached hydrogens (tertiary/aromatic N) is 2. The van der Waals surface area contributed by atoms with Crippen LogP contribution >= 0.6 is 0 Å². The summed E-state index contributed by atoms with van der Waals surface area (Å²) in [6.45, 7) is 16.6. The Morgan fingerprint density at radius 3 is 0.750 bits per heavy atom. The Morgan fingerprint density at radius 1 is 0.317 bits per heavy atom. The molecule has 3 aromatic heterocycles. The van der Waals surface area contributed by atoms with Gasteiger partial charge in [0, 0.05) is 89.3 Å². The van der Waals surface area contributed by atoms with Gasteiger partial charge in [-0.3, -0.25) is 0 Å². The Hall–Kier alpha value is -7.32. The van der Waals surface area contributed by atoms with Crippen molar-refractivity contribution in [3.05, 3.63) is 140 Å². The average molecular weight is 787 g/mol. The van der Waals surface area contributed by atoms with E-state index in [0.29, 0.717) is 22.7 Å². The van der Waals surface area contributed by atoms with Crippen LogP contribution in [0.3, 0.4) is 0 Å². The highest BCUT2D eigenvalue weighted by Crippen LogP contribution is 2.43. The molecule has 2 aliphatic rings. The van der Waals surface area contributed by atoms with Gasteiger partial charge in [0.2, 0.25) is 0 Å². The van der Waals surface area contributed by atoms with Crippen LogP contribution in [0.1, 0.15) is 67.3 Å². The van der Waals surface area contributed by atoms with Crippen molar-refractivity contribution in [1.82, 2.24) is 19.9 Å². The number of benzene rings is 4. The predicted molar refractivity (Wildman–Crippen MR) is 256 cm³/mol. The van der Waals surface area contributed by atoms with Gasteiger partial charge in [-0.05, 0) is 148 Å². The first kappa shape index (κ1) is 38.2. The molecule has 8 nitrogen and oxygen atoms in total. The molecule has 8 heteroatoms. The molecule has 0 atom stereocenters. The molecule has 10 N–H and O–H groups in total. The molecule has 0 amide bonds. The number of nitrogens with one attached hydrogen (secondary N) is 2. The number of anilines is 4. The van der Waals surface area contributed by atoms with Gasteiger partial charge >= 0.3 is 0 Å². The largest absolute Gasteiger partial charge is 0.398 e. The van der Waals surface area contributed by atoms with Crippen LogP contribution in [0.4, 0.5) is 22.7 Å². The highest BCUT2D eigenvalue weighted by atomic mass is 14.8. The molecule has 7 aromatic rings. The summed E-state index contributed by atoms with van der Waals surface area (Å²) in [5.41, 5.74) is 53.0. The Balaban J connectivity index is 1.53. The monoisotopic (exact) mass is 786 g/mol. The molecule has 0 saturated heterocycles. The van der Waals surface area contributed by atoms with Crippen LogP contribution in [0.15, 0.2) is 72.8 Å². The molecule has 0 fully saturated rings. The first-order chi connectivity index (χ1) is 28.7. The zero-order valence-corrected chi connectivity index (χ0v) is 35.4. The summed E-state index contributed by atoms with van der Waals surface area (Å²) in [6.07, 6.45) is 8.29. The molecule has 8 bridgehead atoms. The Kier molecular flexibility index (Phi) is 9.04. The number of aromatic nitrogens is 4. The number of fused-ring (bicyclic) bond motifs is 8. The third-order valence-electron chi connectivity index (χ3n) is 13.0. The second kappa shape index (κ2) is 14.2. The van der Waals surface area contributed by atoms with Crippen molar-refractivity contribution in [2.75, 3.05) is 22.9 Å². The summed E-state index contributed by atoms with van der Waals surface area (Å²) >= 11 is 0. The minimum atomic E-state index is 0.704. The number of aryl methyl sites for hydroxylation is 4. The lowest BCUT2D eigenvalue weighted by molar-refractivity contribution is 1.29. The molecule has 0 saturated carbocycles. The molecule has 0 aliphatic carbocycles. The summed E-state index contributed by atoms with van der Waals surface area (Å²) < 4.78 is 0. The van der Waals surface area contributed by atoms with Crippen molar-refractivity contribution < 1.29 is 0 Å². The van der Waals surface area contributed by atoms with E-state index in [4.69, 9.17) is 32.9 Å². The molecular weight excluding hydrogens is 737 g/mol. The fraction of sp³-hybridized carbons (Fsp3) is 0.154. The number of H-pyrrole nitrogens is 2. The summed E-state index contributed by atoms with van der Waals surface area (Å²) in [6, 6.07) is 25.2. The van der Waals surface area contributed by atoms with Gasteiger partial charge in [0.15, 0.2) is 0 Å². The van der Waals surface area contributed by atoms with E-state index in [9.17, 15) is 0 Å². The number of hydrogen-bond acceptors (Lipinski definition) is 6. The lowest BCUT2D eigenvalue weighted by atomic mass is 9.96. The summed E-state index contributed by atoms with van der Waals surface area (Å²) in [5, 5.41) is 0. The molecule has 9 rings (SSSR count). The van der Waals surface area contributed by atoms with Crippen LogP contribution in [-0.4, -0.2) is 19.9 Å². The van der Waals surface area contributed by atoms with Gasteiger partial charge in [-0.15, -0.1) is 0 Å². The third kappa shape index (κ3) is 5.98. The number of aromatic amines is 2. The number of nitrogen functional groups attached to an aromatic ring is 4. The van der Waals surface area contributed by atoms with Crippen molar-refractivity contribution in [1.29, 1.82) is 0 Å². The molecule has 0 spiro atoms. The van der Waals surface area contributed by atoms with Crippen molar-refractivity contribution >= 4 is 69.1 Å². The van der Waals surface area contributed by atoms with Gasteiger partial charge < -0.3 is 32.9 Å². The van der Waals surface area contributed by atoms with E-state index >= 15 is 0 Å². The fourth-order valence-electron chi connectivity index (χ4n) is 8.56. The van der Waals surface area contributed by atoms with Crippen LogP contribution in [0.5, 0.6) is 0 Å². The molecule has 4 aromatic carbocycles. The smallest absolute Gasteiger partial charge is 0.0738 e. The van der Waals surface area contributed by atoms with E-state index in [2.05, 4.69) is 162 Å². The Morgan fingerprint density at radius 2 is 0.533 bits per heavy atom. The van der Waals surface area contributed by atoms with E-state index in [-0.39, 0.29) is 0 Å². The van der Waals surface area contributed by atoms with Gasteiger partial charge in [0.25, 0.3) is 0 Å². The normalized spacial score (nSPS) is 12.1. The highest BCUT2D eigenvalue weighted by Gasteiger charge is 2.23.